The maximum atomic E-state index is 12.3. The lowest BCUT2D eigenvalue weighted by Crippen LogP contribution is -2.45. The zero-order chi connectivity index (χ0) is 16.2. The molecule has 0 saturated heterocycles. The fraction of sp³-hybridized carbons (Fsp3) is 0.500. The van der Waals surface area contributed by atoms with Gasteiger partial charge in [-0.2, -0.15) is 4.72 Å². The van der Waals surface area contributed by atoms with Crippen LogP contribution in [0.2, 0.25) is 0 Å². The summed E-state index contributed by atoms with van der Waals surface area (Å²) in [5.41, 5.74) is 0.625. The molecule has 1 unspecified atom stereocenters. The number of carbonyl (C=O) groups excluding carboxylic acids is 1. The van der Waals surface area contributed by atoms with Gasteiger partial charge in [-0.25, -0.2) is 8.42 Å². The minimum Gasteiger partial charge on any atom is -0.354 e. The van der Waals surface area contributed by atoms with Gasteiger partial charge in [-0.15, -0.1) is 0 Å². The number of halogens is 1. The maximum Gasteiger partial charge on any atom is 0.241 e. The van der Waals surface area contributed by atoms with Gasteiger partial charge in [0.15, 0.2) is 0 Å². The Bertz CT molecular complexity index is 615. The van der Waals surface area contributed by atoms with E-state index in [1.807, 2.05) is 13.8 Å². The third kappa shape index (κ3) is 5.41. The molecule has 5 nitrogen and oxygen atoms in total. The van der Waals surface area contributed by atoms with E-state index in [0.29, 0.717) is 22.5 Å². The standard InChI is InChI=1S/C14H21BrN2O3S/c1-9(2)8-16-14(18)11(4)17-21(19,20)13-7-12(15)6-5-10(13)3/h5-7,9,11,17H,8H2,1-4H3,(H,16,18). The molecule has 2 N–H and O–H groups in total. The van der Waals surface area contributed by atoms with Crippen molar-refractivity contribution in [2.24, 2.45) is 5.92 Å². The van der Waals surface area contributed by atoms with Gasteiger partial charge in [-0.05, 0) is 37.5 Å². The Morgan fingerprint density at radius 3 is 2.48 bits per heavy atom. The van der Waals surface area contributed by atoms with Crippen molar-refractivity contribution in [3.05, 3.63) is 28.2 Å². The molecule has 0 aliphatic rings. The second kappa shape index (κ2) is 7.38. The predicted octanol–water partition coefficient (Wildman–Crippen LogP) is 2.20. The summed E-state index contributed by atoms with van der Waals surface area (Å²) in [6.07, 6.45) is 0. The Morgan fingerprint density at radius 2 is 1.90 bits per heavy atom. The number of hydrogen-bond acceptors (Lipinski definition) is 3. The molecule has 0 radical (unpaired) electrons. The lowest BCUT2D eigenvalue weighted by atomic mass is 10.2. The van der Waals surface area contributed by atoms with Gasteiger partial charge in [-0.1, -0.05) is 35.8 Å². The minimum atomic E-state index is -3.74. The number of rotatable bonds is 6. The monoisotopic (exact) mass is 376 g/mol. The van der Waals surface area contributed by atoms with Crippen molar-refractivity contribution in [1.29, 1.82) is 0 Å². The smallest absolute Gasteiger partial charge is 0.241 e. The molecule has 1 aromatic carbocycles. The van der Waals surface area contributed by atoms with Crippen LogP contribution in [0.5, 0.6) is 0 Å². The number of amides is 1. The van der Waals surface area contributed by atoms with Gasteiger partial charge in [-0.3, -0.25) is 4.79 Å². The zero-order valence-corrected chi connectivity index (χ0v) is 15.0. The lowest BCUT2D eigenvalue weighted by Gasteiger charge is -2.16. The number of sulfonamides is 1. The van der Waals surface area contributed by atoms with Gasteiger partial charge in [0.25, 0.3) is 0 Å². The van der Waals surface area contributed by atoms with Crippen LogP contribution in [0, 0.1) is 12.8 Å². The number of benzene rings is 1. The molecule has 0 spiro atoms. The molecule has 0 aliphatic heterocycles. The first-order chi connectivity index (χ1) is 9.63. The first kappa shape index (κ1) is 18.1. The van der Waals surface area contributed by atoms with Crippen molar-refractivity contribution in [1.82, 2.24) is 10.0 Å². The molecule has 0 fully saturated rings. The SMILES string of the molecule is Cc1ccc(Br)cc1S(=O)(=O)NC(C)C(=O)NCC(C)C. The van der Waals surface area contributed by atoms with Gasteiger partial charge in [0.1, 0.15) is 0 Å². The maximum absolute atomic E-state index is 12.3. The summed E-state index contributed by atoms with van der Waals surface area (Å²) >= 11 is 3.25. The van der Waals surface area contributed by atoms with Crippen LogP contribution in [-0.4, -0.2) is 26.9 Å². The van der Waals surface area contributed by atoms with Gasteiger partial charge in [0.2, 0.25) is 15.9 Å². The van der Waals surface area contributed by atoms with Crippen LogP contribution in [-0.2, 0) is 14.8 Å². The fourth-order valence-electron chi connectivity index (χ4n) is 1.67. The van der Waals surface area contributed by atoms with Crippen LogP contribution >= 0.6 is 15.9 Å². The third-order valence-electron chi connectivity index (χ3n) is 2.85. The molecule has 1 aromatic rings. The predicted molar refractivity (Wildman–Crippen MR) is 86.5 cm³/mol. The van der Waals surface area contributed by atoms with Crippen LogP contribution in [0.1, 0.15) is 26.3 Å². The van der Waals surface area contributed by atoms with Crippen molar-refractivity contribution in [2.45, 2.75) is 38.6 Å². The normalized spacial score (nSPS) is 13.2. The Labute approximate surface area is 134 Å². The summed E-state index contributed by atoms with van der Waals surface area (Å²) in [7, 11) is -3.74. The zero-order valence-electron chi connectivity index (χ0n) is 12.6. The van der Waals surface area contributed by atoms with E-state index in [0.717, 1.165) is 0 Å². The number of carbonyl (C=O) groups is 1. The average molecular weight is 377 g/mol. The number of aryl methyl sites for hydroxylation is 1. The molecule has 1 rings (SSSR count). The quantitative estimate of drug-likeness (QED) is 0.798. The summed E-state index contributed by atoms with van der Waals surface area (Å²) in [5, 5.41) is 2.71. The van der Waals surface area contributed by atoms with Gasteiger partial charge < -0.3 is 5.32 Å². The molecule has 0 aliphatic carbocycles. The van der Waals surface area contributed by atoms with E-state index >= 15 is 0 Å². The van der Waals surface area contributed by atoms with Crippen LogP contribution in [0.15, 0.2) is 27.6 Å². The van der Waals surface area contributed by atoms with E-state index in [-0.39, 0.29) is 10.8 Å². The van der Waals surface area contributed by atoms with E-state index in [1.165, 1.54) is 13.0 Å². The topological polar surface area (TPSA) is 75.3 Å². The van der Waals surface area contributed by atoms with Crippen LogP contribution in [0.25, 0.3) is 0 Å². The fourth-order valence-corrected chi connectivity index (χ4v) is 3.66. The summed E-state index contributed by atoms with van der Waals surface area (Å²) in [6, 6.07) is 4.18. The van der Waals surface area contributed by atoms with Crippen LogP contribution in [0.4, 0.5) is 0 Å². The second-order valence-electron chi connectivity index (χ2n) is 5.39. The summed E-state index contributed by atoms with van der Waals surface area (Å²) in [5.74, 6) is -0.0231. The molecule has 0 bridgehead atoms. The molecular formula is C14H21BrN2O3S. The molecular weight excluding hydrogens is 356 g/mol. The van der Waals surface area contributed by atoms with Gasteiger partial charge >= 0.3 is 0 Å². The summed E-state index contributed by atoms with van der Waals surface area (Å²) < 4.78 is 27.8. The first-order valence-corrected chi connectivity index (χ1v) is 8.97. The summed E-state index contributed by atoms with van der Waals surface area (Å²) in [6.45, 7) is 7.70. The average Bonchev–Trinajstić information content (AvgIpc) is 2.37. The van der Waals surface area contributed by atoms with E-state index < -0.39 is 16.1 Å². The largest absolute Gasteiger partial charge is 0.354 e. The van der Waals surface area contributed by atoms with Crippen LogP contribution < -0.4 is 10.0 Å². The third-order valence-corrected chi connectivity index (χ3v) is 5.03. The Balaban J connectivity index is 2.85. The van der Waals surface area contributed by atoms with E-state index in [1.54, 1.807) is 19.1 Å². The number of hydrogen-bond donors (Lipinski definition) is 2. The van der Waals surface area contributed by atoms with Crippen molar-refractivity contribution >= 4 is 31.9 Å². The Kier molecular flexibility index (Phi) is 6.37. The highest BCUT2D eigenvalue weighted by atomic mass is 79.9. The lowest BCUT2D eigenvalue weighted by molar-refractivity contribution is -0.122. The van der Waals surface area contributed by atoms with Crippen molar-refractivity contribution in [2.75, 3.05) is 6.54 Å². The molecule has 1 atom stereocenters. The van der Waals surface area contributed by atoms with Gasteiger partial charge in [0.05, 0.1) is 10.9 Å². The van der Waals surface area contributed by atoms with Crippen molar-refractivity contribution in [3.63, 3.8) is 0 Å². The minimum absolute atomic E-state index is 0.167. The molecule has 21 heavy (non-hydrogen) atoms. The van der Waals surface area contributed by atoms with Crippen molar-refractivity contribution < 1.29 is 13.2 Å². The van der Waals surface area contributed by atoms with Gasteiger partial charge in [0, 0.05) is 11.0 Å². The highest BCUT2D eigenvalue weighted by Crippen LogP contribution is 2.20. The second-order valence-corrected chi connectivity index (χ2v) is 7.99. The van der Waals surface area contributed by atoms with E-state index in [2.05, 4.69) is 26.0 Å². The van der Waals surface area contributed by atoms with Crippen LogP contribution in [0.3, 0.4) is 0 Å². The highest BCUT2D eigenvalue weighted by Gasteiger charge is 2.23. The van der Waals surface area contributed by atoms with E-state index in [9.17, 15) is 13.2 Å². The number of nitrogens with one attached hydrogen (secondary N) is 2. The summed E-state index contributed by atoms with van der Waals surface area (Å²) in [4.78, 5) is 12.0. The Hall–Kier alpha value is -0.920. The molecule has 0 aromatic heterocycles. The highest BCUT2D eigenvalue weighted by molar-refractivity contribution is 9.10. The molecule has 118 valence electrons. The Morgan fingerprint density at radius 1 is 1.29 bits per heavy atom. The van der Waals surface area contributed by atoms with E-state index in [4.69, 9.17) is 0 Å². The molecule has 0 saturated carbocycles. The van der Waals surface area contributed by atoms with Crippen molar-refractivity contribution in [3.8, 4) is 0 Å². The molecule has 1 amide bonds. The molecule has 7 heteroatoms. The molecule has 0 heterocycles. The first-order valence-electron chi connectivity index (χ1n) is 6.69.